The Labute approximate surface area is 131 Å². The molecule has 1 aliphatic carbocycles. The van der Waals surface area contributed by atoms with Gasteiger partial charge in [0, 0.05) is 11.7 Å². The van der Waals surface area contributed by atoms with E-state index >= 15 is 0 Å². The van der Waals surface area contributed by atoms with Crippen LogP contribution in [-0.2, 0) is 9.59 Å². The summed E-state index contributed by atoms with van der Waals surface area (Å²) >= 11 is 0. The minimum atomic E-state index is -0.412. The van der Waals surface area contributed by atoms with Crippen molar-refractivity contribution in [2.24, 2.45) is 5.92 Å². The molecule has 0 aromatic heterocycles. The predicted molar refractivity (Wildman–Crippen MR) is 85.5 cm³/mol. The van der Waals surface area contributed by atoms with Gasteiger partial charge in [0.1, 0.15) is 6.04 Å². The second-order valence-corrected chi connectivity index (χ2v) is 6.32. The molecule has 2 fully saturated rings. The van der Waals surface area contributed by atoms with Crippen molar-refractivity contribution in [1.29, 1.82) is 0 Å². The zero-order valence-electron chi connectivity index (χ0n) is 12.9. The van der Waals surface area contributed by atoms with Crippen molar-refractivity contribution in [2.75, 3.05) is 18.0 Å². The molecule has 1 saturated heterocycles. The summed E-state index contributed by atoms with van der Waals surface area (Å²) in [7, 11) is 0. The monoisotopic (exact) mass is 301 g/mol. The third kappa shape index (κ3) is 3.47. The van der Waals surface area contributed by atoms with E-state index in [0.29, 0.717) is 13.0 Å². The highest BCUT2D eigenvalue weighted by atomic mass is 16.2. The molecule has 118 valence electrons. The molecule has 2 unspecified atom stereocenters. The van der Waals surface area contributed by atoms with Crippen molar-refractivity contribution in [3.8, 4) is 0 Å². The number of para-hydroxylation sites is 1. The molecule has 0 bridgehead atoms. The summed E-state index contributed by atoms with van der Waals surface area (Å²) in [5.41, 5.74) is 0.892. The van der Waals surface area contributed by atoms with Crippen LogP contribution in [0.3, 0.4) is 0 Å². The first-order chi connectivity index (χ1) is 10.6. The van der Waals surface area contributed by atoms with Crippen LogP contribution in [0, 0.1) is 5.92 Å². The summed E-state index contributed by atoms with van der Waals surface area (Å²) in [6, 6.07) is 9.31. The number of rotatable bonds is 6. The van der Waals surface area contributed by atoms with E-state index in [9.17, 15) is 9.59 Å². The molecule has 1 aromatic carbocycles. The number of benzene rings is 1. The normalized spacial score (nSPS) is 24.6. The van der Waals surface area contributed by atoms with Gasteiger partial charge in [0.25, 0.3) is 0 Å². The van der Waals surface area contributed by atoms with E-state index in [-0.39, 0.29) is 17.9 Å². The number of nitrogens with one attached hydrogen (secondary N) is 2. The fraction of sp³-hybridized carbons (Fsp3) is 0.529. The Morgan fingerprint density at radius 2 is 2.00 bits per heavy atom. The molecular weight excluding hydrogens is 278 g/mol. The maximum atomic E-state index is 12.5. The summed E-state index contributed by atoms with van der Waals surface area (Å²) in [6.45, 7) is 3.21. The highest BCUT2D eigenvalue weighted by molar-refractivity contribution is 6.02. The van der Waals surface area contributed by atoms with Crippen LogP contribution >= 0.6 is 0 Å². The van der Waals surface area contributed by atoms with Crippen LogP contribution in [0.25, 0.3) is 0 Å². The summed E-state index contributed by atoms with van der Waals surface area (Å²) in [5.74, 6) is 0.630. The Morgan fingerprint density at radius 3 is 2.68 bits per heavy atom. The van der Waals surface area contributed by atoms with E-state index in [1.165, 1.54) is 12.8 Å². The van der Waals surface area contributed by atoms with Crippen LogP contribution in [0.4, 0.5) is 5.69 Å². The smallest absolute Gasteiger partial charge is 0.249 e. The molecule has 2 N–H and O–H groups in total. The van der Waals surface area contributed by atoms with Gasteiger partial charge in [-0.2, -0.15) is 0 Å². The van der Waals surface area contributed by atoms with Crippen LogP contribution in [0.5, 0.6) is 0 Å². The minimum Gasteiger partial charge on any atom is -0.343 e. The van der Waals surface area contributed by atoms with E-state index in [1.807, 2.05) is 37.3 Å². The van der Waals surface area contributed by atoms with E-state index in [1.54, 1.807) is 4.90 Å². The Morgan fingerprint density at radius 1 is 1.27 bits per heavy atom. The van der Waals surface area contributed by atoms with Gasteiger partial charge in [0.15, 0.2) is 0 Å². The number of carbonyl (C=O) groups is 2. The Kier molecular flexibility index (Phi) is 4.43. The summed E-state index contributed by atoms with van der Waals surface area (Å²) < 4.78 is 0. The lowest BCUT2D eigenvalue weighted by atomic mass is 10.2. The largest absolute Gasteiger partial charge is 0.343 e. The molecule has 2 aliphatic rings. The predicted octanol–water partition coefficient (Wildman–Crippen LogP) is 1.30. The van der Waals surface area contributed by atoms with Gasteiger partial charge in [-0.05, 0) is 50.8 Å². The minimum absolute atomic E-state index is 0.0192. The van der Waals surface area contributed by atoms with Gasteiger partial charge in [-0.1, -0.05) is 18.2 Å². The van der Waals surface area contributed by atoms with Crippen molar-refractivity contribution in [2.45, 2.75) is 38.3 Å². The van der Waals surface area contributed by atoms with Crippen molar-refractivity contribution in [1.82, 2.24) is 10.6 Å². The molecule has 3 rings (SSSR count). The molecule has 2 amide bonds. The third-order valence-electron chi connectivity index (χ3n) is 4.34. The third-order valence-corrected chi connectivity index (χ3v) is 4.34. The summed E-state index contributed by atoms with van der Waals surface area (Å²) in [6.07, 6.45) is 3.18. The van der Waals surface area contributed by atoms with E-state index < -0.39 is 6.04 Å². The second-order valence-electron chi connectivity index (χ2n) is 6.32. The first-order valence-corrected chi connectivity index (χ1v) is 8.03. The number of nitrogens with zero attached hydrogens (tertiary/aromatic N) is 1. The highest BCUT2D eigenvalue weighted by Gasteiger charge is 2.38. The summed E-state index contributed by atoms with van der Waals surface area (Å²) in [5, 5.41) is 6.01. The van der Waals surface area contributed by atoms with E-state index in [4.69, 9.17) is 0 Å². The molecule has 5 nitrogen and oxygen atoms in total. The SMILES string of the molecule is CC1CC(NC(=O)CNCC2CC2)C(=O)N1c1ccccc1. The van der Waals surface area contributed by atoms with Gasteiger partial charge in [0.2, 0.25) is 11.8 Å². The Hall–Kier alpha value is -1.88. The molecule has 5 heteroatoms. The zero-order chi connectivity index (χ0) is 15.5. The molecule has 1 aromatic rings. The fourth-order valence-corrected chi connectivity index (χ4v) is 2.98. The van der Waals surface area contributed by atoms with Crippen molar-refractivity contribution in [3.05, 3.63) is 30.3 Å². The Bertz CT molecular complexity index is 542. The number of amides is 2. The molecule has 2 atom stereocenters. The molecular formula is C17H23N3O2. The molecule has 22 heavy (non-hydrogen) atoms. The quantitative estimate of drug-likeness (QED) is 0.832. The lowest BCUT2D eigenvalue weighted by Gasteiger charge is -2.21. The van der Waals surface area contributed by atoms with Gasteiger partial charge < -0.3 is 15.5 Å². The summed E-state index contributed by atoms with van der Waals surface area (Å²) in [4.78, 5) is 26.3. The molecule has 0 spiro atoms. The first kappa shape index (κ1) is 15.0. The fourth-order valence-electron chi connectivity index (χ4n) is 2.98. The molecule has 0 radical (unpaired) electrons. The first-order valence-electron chi connectivity index (χ1n) is 8.03. The Balaban J connectivity index is 1.54. The van der Waals surface area contributed by atoms with Gasteiger partial charge in [-0.3, -0.25) is 9.59 Å². The number of hydrogen-bond acceptors (Lipinski definition) is 3. The maximum absolute atomic E-state index is 12.5. The lowest BCUT2D eigenvalue weighted by molar-refractivity contribution is -0.125. The topological polar surface area (TPSA) is 61.4 Å². The van der Waals surface area contributed by atoms with Gasteiger partial charge in [-0.15, -0.1) is 0 Å². The van der Waals surface area contributed by atoms with Crippen molar-refractivity contribution >= 4 is 17.5 Å². The van der Waals surface area contributed by atoms with Gasteiger partial charge >= 0.3 is 0 Å². The van der Waals surface area contributed by atoms with E-state index in [2.05, 4.69) is 10.6 Å². The highest BCUT2D eigenvalue weighted by Crippen LogP contribution is 2.27. The van der Waals surface area contributed by atoms with Crippen LogP contribution in [-0.4, -0.2) is 37.0 Å². The molecule has 1 heterocycles. The average molecular weight is 301 g/mol. The van der Waals surface area contributed by atoms with Crippen molar-refractivity contribution < 1.29 is 9.59 Å². The number of carbonyl (C=O) groups excluding carboxylic acids is 2. The number of anilines is 1. The van der Waals surface area contributed by atoms with E-state index in [0.717, 1.165) is 18.2 Å². The van der Waals surface area contributed by atoms with Gasteiger partial charge in [0.05, 0.1) is 6.54 Å². The van der Waals surface area contributed by atoms with Crippen LogP contribution in [0.15, 0.2) is 30.3 Å². The van der Waals surface area contributed by atoms with Crippen LogP contribution in [0.1, 0.15) is 26.2 Å². The average Bonchev–Trinajstić information content (AvgIpc) is 3.27. The molecule has 1 saturated carbocycles. The maximum Gasteiger partial charge on any atom is 0.249 e. The lowest BCUT2D eigenvalue weighted by Crippen LogP contribution is -2.45. The van der Waals surface area contributed by atoms with Crippen molar-refractivity contribution in [3.63, 3.8) is 0 Å². The van der Waals surface area contributed by atoms with Crippen LogP contribution < -0.4 is 15.5 Å². The van der Waals surface area contributed by atoms with Crippen LogP contribution in [0.2, 0.25) is 0 Å². The van der Waals surface area contributed by atoms with Gasteiger partial charge in [-0.25, -0.2) is 0 Å². The molecule has 1 aliphatic heterocycles. The number of hydrogen-bond donors (Lipinski definition) is 2. The standard InChI is InChI=1S/C17H23N3O2/c1-12-9-15(19-16(21)11-18-10-13-7-8-13)17(22)20(12)14-5-3-2-4-6-14/h2-6,12-13,15,18H,7-11H2,1H3,(H,19,21). The second kappa shape index (κ2) is 6.48. The zero-order valence-corrected chi connectivity index (χ0v) is 12.9.